The number of anilines is 1. The number of aryl methyl sites for hydroxylation is 2. The molecule has 1 aromatic heterocycles. The van der Waals surface area contributed by atoms with Gasteiger partial charge in [0, 0.05) is 12.6 Å². The minimum absolute atomic E-state index is 0.0725. The van der Waals surface area contributed by atoms with Crippen LogP contribution in [-0.4, -0.2) is 10.9 Å². The van der Waals surface area contributed by atoms with Gasteiger partial charge in [-0.2, -0.15) is 0 Å². The zero-order chi connectivity index (χ0) is 13.7. The highest BCUT2D eigenvalue weighted by atomic mass is 19.1. The number of nitrogens with zero attached hydrogens (tertiary/aromatic N) is 1. The van der Waals surface area contributed by atoms with Crippen LogP contribution in [0.2, 0.25) is 0 Å². The molecule has 1 amide bonds. The largest absolute Gasteiger partial charge is 0.325 e. The SMILES string of the molecule is Cc1cncc(NC(=O)CCc2ccc(F)cc2)c1. The quantitative estimate of drug-likeness (QED) is 0.915. The number of aromatic nitrogens is 1. The lowest BCUT2D eigenvalue weighted by Crippen LogP contribution is -2.12. The average molecular weight is 258 g/mol. The molecule has 98 valence electrons. The molecule has 19 heavy (non-hydrogen) atoms. The van der Waals surface area contributed by atoms with E-state index in [4.69, 9.17) is 0 Å². The van der Waals surface area contributed by atoms with Crippen molar-refractivity contribution in [2.24, 2.45) is 0 Å². The Labute approximate surface area is 111 Å². The fourth-order valence-corrected chi connectivity index (χ4v) is 1.76. The van der Waals surface area contributed by atoms with E-state index in [1.165, 1.54) is 12.1 Å². The fourth-order valence-electron chi connectivity index (χ4n) is 1.76. The molecule has 3 nitrogen and oxygen atoms in total. The molecule has 0 saturated carbocycles. The normalized spacial score (nSPS) is 10.2. The van der Waals surface area contributed by atoms with E-state index in [0.717, 1.165) is 11.1 Å². The summed E-state index contributed by atoms with van der Waals surface area (Å²) in [5.74, 6) is -0.337. The topological polar surface area (TPSA) is 42.0 Å². The number of halogens is 1. The zero-order valence-electron chi connectivity index (χ0n) is 10.7. The molecule has 0 saturated heterocycles. The van der Waals surface area contributed by atoms with Crippen LogP contribution < -0.4 is 5.32 Å². The summed E-state index contributed by atoms with van der Waals surface area (Å²) in [6, 6.07) is 8.05. The second kappa shape index (κ2) is 6.09. The molecule has 1 N–H and O–H groups in total. The molecule has 0 bridgehead atoms. The molecular weight excluding hydrogens is 243 g/mol. The average Bonchev–Trinajstić information content (AvgIpc) is 2.38. The minimum atomic E-state index is -0.265. The lowest BCUT2D eigenvalue weighted by molar-refractivity contribution is -0.116. The lowest BCUT2D eigenvalue weighted by atomic mass is 10.1. The third-order valence-electron chi connectivity index (χ3n) is 2.71. The van der Waals surface area contributed by atoms with E-state index in [1.54, 1.807) is 24.5 Å². The van der Waals surface area contributed by atoms with Crippen molar-refractivity contribution in [2.75, 3.05) is 5.32 Å². The van der Waals surface area contributed by atoms with Gasteiger partial charge in [-0.3, -0.25) is 9.78 Å². The lowest BCUT2D eigenvalue weighted by Gasteiger charge is -2.05. The van der Waals surface area contributed by atoms with E-state index in [0.29, 0.717) is 18.5 Å². The van der Waals surface area contributed by atoms with Crippen LogP contribution in [0.1, 0.15) is 17.5 Å². The van der Waals surface area contributed by atoms with E-state index in [2.05, 4.69) is 10.3 Å². The van der Waals surface area contributed by atoms with Crippen molar-refractivity contribution >= 4 is 11.6 Å². The van der Waals surface area contributed by atoms with Gasteiger partial charge in [-0.15, -0.1) is 0 Å². The number of rotatable bonds is 4. The fraction of sp³-hybridized carbons (Fsp3) is 0.200. The van der Waals surface area contributed by atoms with Gasteiger partial charge in [-0.25, -0.2) is 4.39 Å². The summed E-state index contributed by atoms with van der Waals surface area (Å²) in [7, 11) is 0. The van der Waals surface area contributed by atoms with Gasteiger partial charge in [0.1, 0.15) is 5.82 Å². The van der Waals surface area contributed by atoms with Gasteiger partial charge < -0.3 is 5.32 Å². The van der Waals surface area contributed by atoms with E-state index in [9.17, 15) is 9.18 Å². The molecule has 4 heteroatoms. The Kier molecular flexibility index (Phi) is 4.23. The molecule has 0 fully saturated rings. The second-order valence-electron chi connectivity index (χ2n) is 4.43. The first-order valence-corrected chi connectivity index (χ1v) is 6.09. The number of benzene rings is 1. The Morgan fingerprint density at radius 1 is 1.26 bits per heavy atom. The molecule has 1 heterocycles. The standard InChI is InChI=1S/C15H15FN2O/c1-11-8-14(10-17-9-11)18-15(19)7-4-12-2-5-13(16)6-3-12/h2-3,5-6,8-10H,4,7H2,1H3,(H,18,19). The monoisotopic (exact) mass is 258 g/mol. The van der Waals surface area contributed by atoms with E-state index < -0.39 is 0 Å². The van der Waals surface area contributed by atoms with E-state index >= 15 is 0 Å². The maximum atomic E-state index is 12.7. The molecular formula is C15H15FN2O. The van der Waals surface area contributed by atoms with Crippen molar-refractivity contribution in [3.8, 4) is 0 Å². The highest BCUT2D eigenvalue weighted by Gasteiger charge is 2.04. The first kappa shape index (κ1) is 13.2. The Balaban J connectivity index is 1.86. The van der Waals surface area contributed by atoms with Crippen molar-refractivity contribution < 1.29 is 9.18 Å². The van der Waals surface area contributed by atoms with Gasteiger partial charge >= 0.3 is 0 Å². The summed E-state index contributed by atoms with van der Waals surface area (Å²) in [5, 5.41) is 2.79. The highest BCUT2D eigenvalue weighted by molar-refractivity contribution is 5.90. The summed E-state index contributed by atoms with van der Waals surface area (Å²) in [6.45, 7) is 1.92. The maximum Gasteiger partial charge on any atom is 0.224 e. The second-order valence-corrected chi connectivity index (χ2v) is 4.43. The van der Waals surface area contributed by atoms with Gasteiger partial charge in [-0.05, 0) is 42.7 Å². The zero-order valence-corrected chi connectivity index (χ0v) is 10.7. The molecule has 0 atom stereocenters. The predicted octanol–water partition coefficient (Wildman–Crippen LogP) is 3.10. The summed E-state index contributed by atoms with van der Waals surface area (Å²) < 4.78 is 12.7. The third-order valence-corrected chi connectivity index (χ3v) is 2.71. The van der Waals surface area contributed by atoms with Crippen LogP contribution in [-0.2, 0) is 11.2 Å². The molecule has 0 radical (unpaired) electrons. The van der Waals surface area contributed by atoms with Crippen molar-refractivity contribution in [2.45, 2.75) is 19.8 Å². The van der Waals surface area contributed by atoms with Crippen molar-refractivity contribution in [1.82, 2.24) is 4.98 Å². The number of carbonyl (C=O) groups is 1. The first-order valence-electron chi connectivity index (χ1n) is 6.09. The van der Waals surface area contributed by atoms with Crippen LogP contribution in [0.4, 0.5) is 10.1 Å². The number of amides is 1. The van der Waals surface area contributed by atoms with Gasteiger partial charge in [0.2, 0.25) is 5.91 Å². The van der Waals surface area contributed by atoms with Crippen LogP contribution in [0, 0.1) is 12.7 Å². The molecule has 1 aromatic carbocycles. The van der Waals surface area contributed by atoms with Crippen molar-refractivity contribution in [3.05, 3.63) is 59.7 Å². The van der Waals surface area contributed by atoms with Crippen molar-refractivity contribution in [1.29, 1.82) is 0 Å². The molecule has 0 unspecified atom stereocenters. The molecule has 0 aliphatic carbocycles. The summed E-state index contributed by atoms with van der Waals surface area (Å²) in [5.41, 5.74) is 2.64. The van der Waals surface area contributed by atoms with Crippen LogP contribution in [0.3, 0.4) is 0 Å². The first-order chi connectivity index (χ1) is 9.13. The molecule has 0 spiro atoms. The number of pyridine rings is 1. The Hall–Kier alpha value is -2.23. The number of hydrogen-bond acceptors (Lipinski definition) is 2. The maximum absolute atomic E-state index is 12.7. The van der Waals surface area contributed by atoms with Crippen molar-refractivity contribution in [3.63, 3.8) is 0 Å². The van der Waals surface area contributed by atoms with E-state index in [-0.39, 0.29) is 11.7 Å². The third kappa shape index (κ3) is 4.17. The Morgan fingerprint density at radius 3 is 2.68 bits per heavy atom. The van der Waals surface area contributed by atoms with Gasteiger partial charge in [0.25, 0.3) is 0 Å². The number of hydrogen-bond donors (Lipinski definition) is 1. The molecule has 2 rings (SSSR count). The molecule has 0 aliphatic rings. The van der Waals surface area contributed by atoms with Gasteiger partial charge in [0.15, 0.2) is 0 Å². The smallest absolute Gasteiger partial charge is 0.224 e. The van der Waals surface area contributed by atoms with E-state index in [1.807, 2.05) is 13.0 Å². The summed E-state index contributed by atoms with van der Waals surface area (Å²) >= 11 is 0. The van der Waals surface area contributed by atoms with Crippen LogP contribution in [0.5, 0.6) is 0 Å². The summed E-state index contributed by atoms with van der Waals surface area (Å²) in [6.07, 6.45) is 4.29. The van der Waals surface area contributed by atoms with Crippen LogP contribution in [0.25, 0.3) is 0 Å². The molecule has 2 aromatic rings. The van der Waals surface area contributed by atoms with Crippen LogP contribution >= 0.6 is 0 Å². The van der Waals surface area contributed by atoms with Gasteiger partial charge in [-0.1, -0.05) is 12.1 Å². The minimum Gasteiger partial charge on any atom is -0.325 e. The highest BCUT2D eigenvalue weighted by Crippen LogP contribution is 2.09. The molecule has 0 aliphatic heterocycles. The van der Waals surface area contributed by atoms with Gasteiger partial charge in [0.05, 0.1) is 11.9 Å². The summed E-state index contributed by atoms with van der Waals surface area (Å²) in [4.78, 5) is 15.8. The predicted molar refractivity (Wildman–Crippen MR) is 72.3 cm³/mol. The number of nitrogens with one attached hydrogen (secondary N) is 1. The Bertz CT molecular complexity index is 567. The van der Waals surface area contributed by atoms with Crippen LogP contribution in [0.15, 0.2) is 42.7 Å². The Morgan fingerprint density at radius 2 is 2.00 bits per heavy atom. The number of carbonyl (C=O) groups excluding carboxylic acids is 1.